The molecule has 3 fully saturated rings. The molecular weight excluding hydrogens is 358 g/mol. The van der Waals surface area contributed by atoms with E-state index in [0.29, 0.717) is 18.1 Å². The van der Waals surface area contributed by atoms with Crippen LogP contribution in [0.3, 0.4) is 0 Å². The molecule has 2 heterocycles. The number of β-lactam (4-membered cyclic amide) rings is 1. The summed E-state index contributed by atoms with van der Waals surface area (Å²) in [5.74, 6) is -1.47. The predicted octanol–water partition coefficient (Wildman–Crippen LogP) is 0.977. The lowest BCUT2D eigenvalue weighted by Crippen LogP contribution is -2.71. The number of fused-ring (bicyclic) bond motifs is 1. The maximum Gasteiger partial charge on any atom is 0.327 e. The lowest BCUT2D eigenvalue weighted by atomic mass is 9.96. The minimum Gasteiger partial charge on any atom is -0.480 e. The third-order valence-corrected chi connectivity index (χ3v) is 6.32. The first-order valence-corrected chi connectivity index (χ1v) is 9.41. The summed E-state index contributed by atoms with van der Waals surface area (Å²) in [6, 6.07) is -1.68. The Kier molecular flexibility index (Phi) is 4.76. The Morgan fingerprint density at radius 2 is 2.12 bits per heavy atom. The first-order chi connectivity index (χ1) is 12.1. The molecule has 0 aromatic carbocycles. The molecule has 1 saturated carbocycles. The maximum absolute atomic E-state index is 12.5. The summed E-state index contributed by atoms with van der Waals surface area (Å²) < 4.78 is -0.635. The van der Waals surface area contributed by atoms with Gasteiger partial charge in [-0.1, -0.05) is 11.7 Å². The largest absolute Gasteiger partial charge is 0.480 e. The Bertz CT molecular complexity index is 701. The topological polar surface area (TPSA) is 108 Å². The SMILES string of the molecule is C=C(C)/C(=N\OCC1CC1)C(=O)N[C@@H]1C(=O)N2[C@@H]1SC(C)(C)[C@@H]2C(=O)O. The molecule has 9 heteroatoms. The van der Waals surface area contributed by atoms with Gasteiger partial charge in [0.25, 0.3) is 5.91 Å². The zero-order chi connectivity index (χ0) is 19.2. The summed E-state index contributed by atoms with van der Waals surface area (Å²) in [6.07, 6.45) is 2.21. The van der Waals surface area contributed by atoms with Crippen molar-refractivity contribution in [2.45, 2.75) is 55.8 Å². The fourth-order valence-electron chi connectivity index (χ4n) is 3.16. The number of carboxylic acid groups (broad SMARTS) is 1. The van der Waals surface area contributed by atoms with E-state index in [9.17, 15) is 19.5 Å². The maximum atomic E-state index is 12.5. The van der Waals surface area contributed by atoms with E-state index >= 15 is 0 Å². The van der Waals surface area contributed by atoms with Gasteiger partial charge in [0.2, 0.25) is 5.91 Å². The molecule has 2 amide bonds. The van der Waals surface area contributed by atoms with Crippen LogP contribution in [0.1, 0.15) is 33.6 Å². The van der Waals surface area contributed by atoms with Gasteiger partial charge in [-0.25, -0.2) is 4.79 Å². The molecule has 2 aliphatic heterocycles. The molecule has 2 N–H and O–H groups in total. The average Bonchev–Trinajstić information content (AvgIpc) is 3.31. The summed E-state index contributed by atoms with van der Waals surface area (Å²) in [7, 11) is 0. The molecular formula is C17H23N3O5S. The predicted molar refractivity (Wildman–Crippen MR) is 96.6 cm³/mol. The molecule has 1 aliphatic carbocycles. The van der Waals surface area contributed by atoms with E-state index in [0.717, 1.165) is 12.8 Å². The van der Waals surface area contributed by atoms with Crippen molar-refractivity contribution in [1.82, 2.24) is 10.2 Å². The fourth-order valence-corrected chi connectivity index (χ4v) is 4.79. The van der Waals surface area contributed by atoms with Gasteiger partial charge in [0.15, 0.2) is 5.71 Å². The number of nitrogens with zero attached hydrogens (tertiary/aromatic N) is 2. The number of oxime groups is 1. The first-order valence-electron chi connectivity index (χ1n) is 8.53. The minimum atomic E-state index is -1.04. The Hall–Kier alpha value is -2.03. The molecule has 0 unspecified atom stereocenters. The standard InChI is InChI=1S/C17H23N3O5S/c1-8(2)10(19-25-7-9-5-6-9)13(21)18-11-14(22)20-12(16(23)24)17(3,4)26-15(11)20/h9,11-12,15H,1,5-7H2,2-4H3,(H,18,21)(H,23,24)/b19-10+/t11-,12+,15-/m1/s1. The number of thioether (sulfide) groups is 1. The van der Waals surface area contributed by atoms with E-state index in [-0.39, 0.29) is 5.71 Å². The van der Waals surface area contributed by atoms with Crippen LogP contribution in [0.15, 0.2) is 17.3 Å². The molecule has 0 radical (unpaired) electrons. The zero-order valence-corrected chi connectivity index (χ0v) is 15.8. The van der Waals surface area contributed by atoms with Crippen molar-refractivity contribution in [3.8, 4) is 0 Å². The molecule has 26 heavy (non-hydrogen) atoms. The van der Waals surface area contributed by atoms with Crippen molar-refractivity contribution in [2.24, 2.45) is 11.1 Å². The minimum absolute atomic E-state index is 0.0499. The highest BCUT2D eigenvalue weighted by Gasteiger charge is 2.64. The Labute approximate surface area is 156 Å². The van der Waals surface area contributed by atoms with E-state index < -0.39 is 40.0 Å². The van der Waals surface area contributed by atoms with Crippen LogP contribution < -0.4 is 5.32 Å². The molecule has 3 aliphatic rings. The second kappa shape index (κ2) is 6.61. The van der Waals surface area contributed by atoms with Crippen LogP contribution in [0.25, 0.3) is 0 Å². The van der Waals surface area contributed by atoms with Crippen LogP contribution in [-0.2, 0) is 19.2 Å². The average molecular weight is 381 g/mol. The van der Waals surface area contributed by atoms with Crippen molar-refractivity contribution in [3.63, 3.8) is 0 Å². The number of carbonyl (C=O) groups is 3. The number of carboxylic acids is 1. The number of carbonyl (C=O) groups excluding carboxylic acids is 2. The van der Waals surface area contributed by atoms with Gasteiger partial charge in [0, 0.05) is 4.75 Å². The first kappa shape index (κ1) is 18.8. The lowest BCUT2D eigenvalue weighted by molar-refractivity contribution is -0.160. The number of amides is 2. The molecule has 0 aromatic heterocycles. The number of rotatable bonds is 7. The number of aliphatic carboxylic acids is 1. The molecule has 0 spiro atoms. The quantitative estimate of drug-likeness (QED) is 0.387. The molecule has 8 nitrogen and oxygen atoms in total. The van der Waals surface area contributed by atoms with E-state index in [4.69, 9.17) is 4.84 Å². The zero-order valence-electron chi connectivity index (χ0n) is 15.0. The molecule has 0 aromatic rings. The molecule has 0 bridgehead atoms. The highest BCUT2D eigenvalue weighted by molar-refractivity contribution is 8.01. The highest BCUT2D eigenvalue weighted by atomic mass is 32.2. The number of hydrogen-bond donors (Lipinski definition) is 2. The second-order valence-corrected chi connectivity index (χ2v) is 9.28. The number of nitrogens with one attached hydrogen (secondary N) is 1. The van der Waals surface area contributed by atoms with Gasteiger partial charge in [-0.05, 0) is 45.1 Å². The van der Waals surface area contributed by atoms with Crippen molar-refractivity contribution >= 4 is 35.3 Å². The lowest BCUT2D eigenvalue weighted by Gasteiger charge is -2.43. The second-order valence-electron chi connectivity index (χ2n) is 7.51. The van der Waals surface area contributed by atoms with Gasteiger partial charge in [-0.2, -0.15) is 0 Å². The van der Waals surface area contributed by atoms with E-state index in [1.165, 1.54) is 16.7 Å². The van der Waals surface area contributed by atoms with Crippen LogP contribution >= 0.6 is 11.8 Å². The fraction of sp³-hybridized carbons (Fsp3) is 0.647. The van der Waals surface area contributed by atoms with Crippen molar-refractivity contribution in [3.05, 3.63) is 12.2 Å². The molecule has 3 rings (SSSR count). The van der Waals surface area contributed by atoms with Crippen LogP contribution in [-0.4, -0.2) is 62.3 Å². The van der Waals surface area contributed by atoms with Crippen molar-refractivity contribution in [2.75, 3.05) is 6.61 Å². The Balaban J connectivity index is 1.67. The van der Waals surface area contributed by atoms with Crippen molar-refractivity contribution in [1.29, 1.82) is 0 Å². The van der Waals surface area contributed by atoms with Crippen molar-refractivity contribution < 1.29 is 24.3 Å². The third-order valence-electron chi connectivity index (χ3n) is 4.74. The summed E-state index contributed by atoms with van der Waals surface area (Å²) in [4.78, 5) is 43.0. The van der Waals surface area contributed by atoms with Gasteiger partial charge >= 0.3 is 5.97 Å². The van der Waals surface area contributed by atoms with Gasteiger partial charge in [-0.3, -0.25) is 9.59 Å². The Morgan fingerprint density at radius 3 is 2.65 bits per heavy atom. The molecule has 2 saturated heterocycles. The van der Waals surface area contributed by atoms with Gasteiger partial charge < -0.3 is 20.2 Å². The monoisotopic (exact) mass is 381 g/mol. The third kappa shape index (κ3) is 3.32. The van der Waals surface area contributed by atoms with Gasteiger partial charge in [-0.15, -0.1) is 11.8 Å². The van der Waals surface area contributed by atoms with Crippen LogP contribution in [0.4, 0.5) is 0 Å². The van der Waals surface area contributed by atoms with Gasteiger partial charge in [0.1, 0.15) is 24.1 Å². The van der Waals surface area contributed by atoms with E-state index in [2.05, 4.69) is 17.1 Å². The molecule has 142 valence electrons. The highest BCUT2D eigenvalue weighted by Crippen LogP contribution is 2.50. The van der Waals surface area contributed by atoms with Crippen LogP contribution in [0, 0.1) is 5.92 Å². The summed E-state index contributed by atoms with van der Waals surface area (Å²) in [5, 5.41) is 15.6. The summed E-state index contributed by atoms with van der Waals surface area (Å²) in [6.45, 7) is 9.41. The normalized spacial score (nSPS) is 29.7. The number of hydrogen-bond acceptors (Lipinski definition) is 6. The van der Waals surface area contributed by atoms with Crippen LogP contribution in [0.2, 0.25) is 0 Å². The van der Waals surface area contributed by atoms with Crippen LogP contribution in [0.5, 0.6) is 0 Å². The smallest absolute Gasteiger partial charge is 0.327 e. The summed E-state index contributed by atoms with van der Waals surface area (Å²) in [5.41, 5.74) is 0.485. The Morgan fingerprint density at radius 1 is 1.46 bits per heavy atom. The summed E-state index contributed by atoms with van der Waals surface area (Å²) >= 11 is 1.37. The van der Waals surface area contributed by atoms with E-state index in [1.54, 1.807) is 20.8 Å². The van der Waals surface area contributed by atoms with Gasteiger partial charge in [0.05, 0.1) is 0 Å². The van der Waals surface area contributed by atoms with E-state index in [1.807, 2.05) is 0 Å². The molecule has 3 atom stereocenters.